The van der Waals surface area contributed by atoms with E-state index in [9.17, 15) is 0 Å². The highest BCUT2D eigenvalue weighted by Gasteiger charge is 2.41. The van der Waals surface area contributed by atoms with Crippen molar-refractivity contribution >= 4 is 40.4 Å². The van der Waals surface area contributed by atoms with E-state index in [0.29, 0.717) is 16.6 Å². The second-order valence-electron chi connectivity index (χ2n) is 6.59. The lowest BCUT2D eigenvalue weighted by molar-refractivity contribution is 0.238. The maximum absolute atomic E-state index is 6.20. The lowest BCUT2D eigenvalue weighted by atomic mass is 9.84. The first-order valence-corrected chi connectivity index (χ1v) is 8.97. The van der Waals surface area contributed by atoms with Crippen molar-refractivity contribution in [1.29, 1.82) is 0 Å². The van der Waals surface area contributed by atoms with Crippen molar-refractivity contribution in [3.05, 3.63) is 40.5 Å². The third-order valence-corrected chi connectivity index (χ3v) is 5.58. The van der Waals surface area contributed by atoms with Crippen LogP contribution in [-0.2, 0) is 6.54 Å². The molecule has 0 aliphatic carbocycles. The van der Waals surface area contributed by atoms with Crippen molar-refractivity contribution in [3.8, 4) is 0 Å². The van der Waals surface area contributed by atoms with Gasteiger partial charge in [0.25, 0.3) is 0 Å². The molecule has 1 aromatic carbocycles. The molecule has 0 bridgehead atoms. The fraction of sp³-hybridized carbons (Fsp3) is 0.412. The summed E-state index contributed by atoms with van der Waals surface area (Å²) >= 11 is 12.4. The summed E-state index contributed by atoms with van der Waals surface area (Å²) in [6.45, 7) is 2.55. The van der Waals surface area contributed by atoms with Crippen LogP contribution in [0.25, 0.3) is 0 Å². The van der Waals surface area contributed by atoms with Crippen LogP contribution in [0.15, 0.2) is 34.2 Å². The molecule has 2 N–H and O–H groups in total. The molecule has 0 atom stereocenters. The van der Waals surface area contributed by atoms with Gasteiger partial charge in [-0.1, -0.05) is 23.2 Å². The lowest BCUT2D eigenvalue weighted by Gasteiger charge is -2.45. The van der Waals surface area contributed by atoms with Gasteiger partial charge in [0.1, 0.15) is 12.1 Å². The molecule has 2 aromatic rings. The number of likely N-dealkylation sites (tertiary alicyclic amines) is 1. The zero-order valence-corrected chi connectivity index (χ0v) is 15.4. The number of oxazole rings is 1. The zero-order chi connectivity index (χ0) is 17.4. The van der Waals surface area contributed by atoms with Gasteiger partial charge < -0.3 is 20.0 Å². The second-order valence-corrected chi connectivity index (χ2v) is 7.40. The minimum absolute atomic E-state index is 0.236. The van der Waals surface area contributed by atoms with Crippen molar-refractivity contribution in [3.63, 3.8) is 0 Å². The van der Waals surface area contributed by atoms with Crippen LogP contribution in [0.3, 0.4) is 0 Å². The summed E-state index contributed by atoms with van der Waals surface area (Å²) in [7, 11) is 2.14. The van der Waals surface area contributed by atoms with Crippen molar-refractivity contribution in [2.24, 2.45) is 4.99 Å². The topological polar surface area (TPSA) is 65.7 Å². The number of amidine groups is 1. The Labute approximate surface area is 156 Å². The maximum atomic E-state index is 6.20. The van der Waals surface area contributed by atoms with Crippen molar-refractivity contribution < 1.29 is 4.42 Å². The standard InChI is InChI=1S/C17H19Cl2N5O/c1-24-4-2-17(3-5-24)16(20-8-11-9-25-10-21-11)22-14-6-12(18)13(19)7-15(14)23-17/h6-7,9-10,23H,2-5,8H2,1H3,(H,20,22). The summed E-state index contributed by atoms with van der Waals surface area (Å²) in [4.78, 5) is 11.4. The van der Waals surface area contributed by atoms with Crippen molar-refractivity contribution in [1.82, 2.24) is 15.2 Å². The van der Waals surface area contributed by atoms with E-state index in [2.05, 4.69) is 27.6 Å². The molecule has 6 nitrogen and oxygen atoms in total. The maximum Gasteiger partial charge on any atom is 0.180 e. The Morgan fingerprint density at radius 1 is 1.28 bits per heavy atom. The first kappa shape index (κ1) is 16.7. The van der Waals surface area contributed by atoms with E-state index in [1.807, 2.05) is 6.07 Å². The molecule has 1 spiro atoms. The average molecular weight is 380 g/mol. The number of nitrogens with one attached hydrogen (secondary N) is 2. The molecule has 0 radical (unpaired) electrons. The number of hydrogen-bond acceptors (Lipinski definition) is 6. The second kappa shape index (κ2) is 6.52. The van der Waals surface area contributed by atoms with Gasteiger partial charge in [-0.05, 0) is 32.0 Å². The highest BCUT2D eigenvalue weighted by atomic mass is 35.5. The number of piperidine rings is 1. The van der Waals surface area contributed by atoms with Crippen LogP contribution in [0.4, 0.5) is 11.4 Å². The minimum Gasteiger partial charge on any atom is -0.451 e. The molecule has 0 amide bonds. The molecule has 8 heteroatoms. The van der Waals surface area contributed by atoms with Crippen LogP contribution in [0, 0.1) is 0 Å². The van der Waals surface area contributed by atoms with Gasteiger partial charge in [0.15, 0.2) is 6.39 Å². The van der Waals surface area contributed by atoms with E-state index in [1.165, 1.54) is 6.39 Å². The van der Waals surface area contributed by atoms with Gasteiger partial charge in [0.05, 0.1) is 39.2 Å². The number of aliphatic imine (C=N–C) groups is 1. The molecule has 4 rings (SSSR count). The van der Waals surface area contributed by atoms with Gasteiger partial charge in [-0.25, -0.2) is 9.98 Å². The van der Waals surface area contributed by atoms with Gasteiger partial charge in [-0.3, -0.25) is 0 Å². The predicted octanol–water partition coefficient (Wildman–Crippen LogP) is 3.69. The van der Waals surface area contributed by atoms with Gasteiger partial charge >= 0.3 is 0 Å². The monoisotopic (exact) mass is 379 g/mol. The summed E-state index contributed by atoms with van der Waals surface area (Å²) in [6, 6.07) is 3.66. The number of halogens is 2. The Bertz CT molecular complexity index is 798. The number of aromatic nitrogens is 1. The molecule has 132 valence electrons. The first-order valence-electron chi connectivity index (χ1n) is 8.22. The van der Waals surface area contributed by atoms with Gasteiger partial charge in [0, 0.05) is 13.1 Å². The fourth-order valence-electron chi connectivity index (χ4n) is 3.34. The van der Waals surface area contributed by atoms with Crippen LogP contribution in [-0.4, -0.2) is 41.4 Å². The van der Waals surface area contributed by atoms with E-state index in [-0.39, 0.29) is 5.54 Å². The molecule has 2 aliphatic heterocycles. The lowest BCUT2D eigenvalue weighted by Crippen LogP contribution is -2.58. The first-order chi connectivity index (χ1) is 12.1. The Kier molecular flexibility index (Phi) is 4.35. The number of fused-ring (bicyclic) bond motifs is 1. The number of benzene rings is 1. The van der Waals surface area contributed by atoms with Gasteiger partial charge in [-0.15, -0.1) is 0 Å². The Balaban J connectivity index is 1.68. The Morgan fingerprint density at radius 3 is 2.76 bits per heavy atom. The fourth-order valence-corrected chi connectivity index (χ4v) is 3.66. The zero-order valence-electron chi connectivity index (χ0n) is 13.9. The van der Waals surface area contributed by atoms with Crippen molar-refractivity contribution in [2.45, 2.75) is 24.9 Å². The minimum atomic E-state index is -0.236. The molecular formula is C17H19Cl2N5O. The summed E-state index contributed by atoms with van der Waals surface area (Å²) in [5.74, 6) is 0.912. The highest BCUT2D eigenvalue weighted by Crippen LogP contribution is 2.41. The largest absolute Gasteiger partial charge is 0.451 e. The van der Waals surface area contributed by atoms with Crippen LogP contribution in [0.5, 0.6) is 0 Å². The molecular weight excluding hydrogens is 361 g/mol. The van der Waals surface area contributed by atoms with Crippen LogP contribution < -0.4 is 10.6 Å². The SMILES string of the molecule is CN1CCC2(CC1)Nc1cc(Cl)c(Cl)cc1N=C2NCc1cocn1. The molecule has 3 heterocycles. The Morgan fingerprint density at radius 2 is 2.04 bits per heavy atom. The van der Waals surface area contributed by atoms with Gasteiger partial charge in [0.2, 0.25) is 0 Å². The van der Waals surface area contributed by atoms with E-state index in [1.54, 1.807) is 12.3 Å². The van der Waals surface area contributed by atoms with Gasteiger partial charge in [-0.2, -0.15) is 0 Å². The average Bonchev–Trinajstić information content (AvgIpc) is 3.11. The molecule has 0 unspecified atom stereocenters. The number of nitrogens with zero attached hydrogens (tertiary/aromatic N) is 3. The molecule has 1 aromatic heterocycles. The number of anilines is 1. The predicted molar refractivity (Wildman–Crippen MR) is 100.0 cm³/mol. The third-order valence-electron chi connectivity index (χ3n) is 4.86. The normalized spacial score (nSPS) is 19.2. The molecule has 1 fully saturated rings. The molecule has 25 heavy (non-hydrogen) atoms. The van der Waals surface area contributed by atoms with E-state index in [4.69, 9.17) is 32.6 Å². The summed E-state index contributed by atoms with van der Waals surface area (Å²) in [5.41, 5.74) is 2.32. The molecule has 1 saturated heterocycles. The van der Waals surface area contributed by atoms with Crippen molar-refractivity contribution in [2.75, 3.05) is 25.5 Å². The van der Waals surface area contributed by atoms with Crippen LogP contribution in [0.2, 0.25) is 10.0 Å². The summed E-state index contributed by atoms with van der Waals surface area (Å²) < 4.78 is 5.05. The van der Waals surface area contributed by atoms with E-state index < -0.39 is 0 Å². The molecule has 2 aliphatic rings. The Hall–Kier alpha value is -1.76. The molecule has 0 saturated carbocycles. The van der Waals surface area contributed by atoms with E-state index in [0.717, 1.165) is 48.8 Å². The van der Waals surface area contributed by atoms with E-state index >= 15 is 0 Å². The number of hydrogen-bond donors (Lipinski definition) is 2. The van der Waals surface area contributed by atoms with Crippen LogP contribution >= 0.6 is 23.2 Å². The third kappa shape index (κ3) is 3.21. The van der Waals surface area contributed by atoms with Crippen LogP contribution in [0.1, 0.15) is 18.5 Å². The summed E-state index contributed by atoms with van der Waals surface area (Å²) in [5, 5.41) is 8.15. The summed E-state index contributed by atoms with van der Waals surface area (Å²) in [6.07, 6.45) is 4.97. The number of rotatable bonds is 2. The highest BCUT2D eigenvalue weighted by molar-refractivity contribution is 6.42. The smallest absolute Gasteiger partial charge is 0.180 e. The quantitative estimate of drug-likeness (QED) is 0.832.